The fourth-order valence-corrected chi connectivity index (χ4v) is 4.29. The van der Waals surface area contributed by atoms with Crippen molar-refractivity contribution in [3.63, 3.8) is 0 Å². The maximum atomic E-state index is 14.8. The lowest BCUT2D eigenvalue weighted by Crippen LogP contribution is -2.36. The number of hydrogen-bond acceptors (Lipinski definition) is 5. The first kappa shape index (κ1) is 20.6. The Labute approximate surface area is 189 Å². The van der Waals surface area contributed by atoms with E-state index in [1.165, 1.54) is 12.1 Å². The van der Waals surface area contributed by atoms with Crippen molar-refractivity contribution in [2.45, 2.75) is 13.0 Å². The van der Waals surface area contributed by atoms with Gasteiger partial charge in [0, 0.05) is 24.7 Å². The third-order valence-corrected chi connectivity index (χ3v) is 5.80. The molecule has 2 heterocycles. The van der Waals surface area contributed by atoms with Gasteiger partial charge in [-0.25, -0.2) is 14.1 Å². The minimum absolute atomic E-state index is 0.00879. The summed E-state index contributed by atoms with van der Waals surface area (Å²) in [7, 11) is 1.82. The van der Waals surface area contributed by atoms with Gasteiger partial charge < -0.3 is 4.90 Å². The molecule has 0 radical (unpaired) electrons. The molecule has 3 aromatic carbocycles. The Hall–Kier alpha value is -4.33. The van der Waals surface area contributed by atoms with Gasteiger partial charge in [-0.05, 0) is 36.8 Å². The number of fused-ring (bicyclic) bond motifs is 1. The second kappa shape index (κ2) is 7.98. The van der Waals surface area contributed by atoms with E-state index in [9.17, 15) is 14.5 Å². The molecule has 1 atom stereocenters. The van der Waals surface area contributed by atoms with Crippen LogP contribution in [0.25, 0.3) is 5.69 Å². The molecule has 164 valence electrons. The minimum Gasteiger partial charge on any atom is -0.348 e. The largest absolute Gasteiger partial charge is 0.348 e. The summed E-state index contributed by atoms with van der Waals surface area (Å²) >= 11 is 0. The molecule has 4 aromatic rings. The SMILES string of the molecule is Cc1nn(-c2ccccc2)c2c1[C@@H](c1cccc([N+](=O)[O-])c1)N(C)C(c1ccccc1F)=N2. The van der Waals surface area contributed by atoms with Crippen molar-refractivity contribution in [3.8, 4) is 5.69 Å². The fourth-order valence-electron chi connectivity index (χ4n) is 4.29. The van der Waals surface area contributed by atoms with Crippen LogP contribution in [0.3, 0.4) is 0 Å². The Morgan fingerprint density at radius 2 is 1.73 bits per heavy atom. The third kappa shape index (κ3) is 3.45. The van der Waals surface area contributed by atoms with Crippen LogP contribution in [-0.4, -0.2) is 32.5 Å². The van der Waals surface area contributed by atoms with Crippen molar-refractivity contribution in [2.24, 2.45) is 4.99 Å². The number of nitrogens with zero attached hydrogens (tertiary/aromatic N) is 5. The number of aliphatic imine (C=N–C) groups is 1. The van der Waals surface area contributed by atoms with E-state index in [1.54, 1.807) is 35.0 Å². The summed E-state index contributed by atoms with van der Waals surface area (Å²) in [4.78, 5) is 17.7. The van der Waals surface area contributed by atoms with Gasteiger partial charge in [-0.3, -0.25) is 10.1 Å². The first-order valence-corrected chi connectivity index (χ1v) is 10.4. The maximum Gasteiger partial charge on any atom is 0.269 e. The highest BCUT2D eigenvalue weighted by atomic mass is 19.1. The van der Waals surface area contributed by atoms with E-state index in [2.05, 4.69) is 0 Å². The number of aromatic nitrogens is 2. The summed E-state index contributed by atoms with van der Waals surface area (Å²) < 4.78 is 16.6. The predicted octanol–water partition coefficient (Wildman–Crippen LogP) is 5.34. The van der Waals surface area contributed by atoms with E-state index in [0.29, 0.717) is 22.8 Å². The van der Waals surface area contributed by atoms with Gasteiger partial charge in [0.15, 0.2) is 5.82 Å². The van der Waals surface area contributed by atoms with Crippen molar-refractivity contribution in [2.75, 3.05) is 7.05 Å². The standard InChI is InChI=1S/C25H20FN5O2/c1-16-22-23(17-9-8-12-19(15-17)31(32)33)29(2)24(20-13-6-7-14-21(20)26)27-25(22)30(28-16)18-10-4-3-5-11-18/h3-15,23H,1-2H3/t23-/m1/s1. The quantitative estimate of drug-likeness (QED) is 0.316. The van der Waals surface area contributed by atoms with Gasteiger partial charge in [0.1, 0.15) is 11.7 Å². The second-order valence-corrected chi connectivity index (χ2v) is 7.85. The number of halogens is 1. The van der Waals surface area contributed by atoms with Crippen LogP contribution in [-0.2, 0) is 0 Å². The highest BCUT2D eigenvalue weighted by Crippen LogP contribution is 2.43. The zero-order valence-electron chi connectivity index (χ0n) is 18.0. The summed E-state index contributed by atoms with van der Waals surface area (Å²) in [6, 6.07) is 22.1. The fraction of sp³-hybridized carbons (Fsp3) is 0.120. The topological polar surface area (TPSA) is 76.6 Å². The number of amidine groups is 1. The third-order valence-electron chi connectivity index (χ3n) is 5.80. The lowest BCUT2D eigenvalue weighted by atomic mass is 9.94. The van der Waals surface area contributed by atoms with Gasteiger partial charge in [-0.1, -0.05) is 42.5 Å². The molecule has 0 fully saturated rings. The number of rotatable bonds is 4. The van der Waals surface area contributed by atoms with E-state index < -0.39 is 16.8 Å². The van der Waals surface area contributed by atoms with Crippen LogP contribution < -0.4 is 0 Å². The number of non-ortho nitro benzene ring substituents is 1. The average Bonchev–Trinajstić information content (AvgIpc) is 3.15. The number of nitro benzene ring substituents is 1. The van der Waals surface area contributed by atoms with Gasteiger partial charge in [-0.2, -0.15) is 5.10 Å². The summed E-state index contributed by atoms with van der Waals surface area (Å²) in [6.45, 7) is 1.89. The number of para-hydroxylation sites is 1. The van der Waals surface area contributed by atoms with Gasteiger partial charge in [0.2, 0.25) is 0 Å². The number of nitro groups is 1. The molecule has 1 aromatic heterocycles. The van der Waals surface area contributed by atoms with Crippen LogP contribution in [0.5, 0.6) is 0 Å². The smallest absolute Gasteiger partial charge is 0.269 e. The molecule has 0 bridgehead atoms. The number of hydrogen-bond donors (Lipinski definition) is 0. The molecule has 0 aliphatic carbocycles. The maximum absolute atomic E-state index is 14.8. The van der Waals surface area contributed by atoms with Crippen LogP contribution in [0.1, 0.15) is 28.4 Å². The Bertz CT molecular complexity index is 1400. The van der Waals surface area contributed by atoms with Crippen LogP contribution in [0.15, 0.2) is 83.9 Å². The molecular formula is C25H20FN5O2. The van der Waals surface area contributed by atoms with E-state index in [1.807, 2.05) is 55.3 Å². The molecule has 5 rings (SSSR count). The predicted molar refractivity (Wildman–Crippen MR) is 124 cm³/mol. The number of benzene rings is 3. The molecule has 1 aliphatic heterocycles. The van der Waals surface area contributed by atoms with Crippen LogP contribution >= 0.6 is 0 Å². The second-order valence-electron chi connectivity index (χ2n) is 7.85. The molecular weight excluding hydrogens is 421 g/mol. The van der Waals surface area contributed by atoms with E-state index in [-0.39, 0.29) is 5.69 Å². The molecule has 1 aliphatic rings. The number of aryl methyl sites for hydroxylation is 1. The highest BCUT2D eigenvalue weighted by Gasteiger charge is 2.36. The molecule has 0 amide bonds. The van der Waals surface area contributed by atoms with Crippen molar-refractivity contribution < 1.29 is 9.31 Å². The average molecular weight is 441 g/mol. The highest BCUT2D eigenvalue weighted by molar-refractivity contribution is 6.02. The van der Waals surface area contributed by atoms with Gasteiger partial charge in [0.25, 0.3) is 5.69 Å². The summed E-state index contributed by atoms with van der Waals surface area (Å²) in [5, 5.41) is 16.2. The zero-order chi connectivity index (χ0) is 23.1. The van der Waals surface area contributed by atoms with Crippen molar-refractivity contribution in [1.82, 2.24) is 14.7 Å². The monoisotopic (exact) mass is 441 g/mol. The summed E-state index contributed by atoms with van der Waals surface area (Å²) in [6.07, 6.45) is 0. The van der Waals surface area contributed by atoms with Gasteiger partial charge in [0.05, 0.1) is 27.9 Å². The van der Waals surface area contributed by atoms with E-state index >= 15 is 0 Å². The molecule has 0 unspecified atom stereocenters. The zero-order valence-corrected chi connectivity index (χ0v) is 18.0. The van der Waals surface area contributed by atoms with Crippen molar-refractivity contribution in [3.05, 3.63) is 117 Å². The molecule has 33 heavy (non-hydrogen) atoms. The summed E-state index contributed by atoms with van der Waals surface area (Å²) in [5.74, 6) is 0.604. The molecule has 0 spiro atoms. The Balaban J connectivity index is 1.79. The lowest BCUT2D eigenvalue weighted by molar-refractivity contribution is -0.384. The Morgan fingerprint density at radius 1 is 1.00 bits per heavy atom. The van der Waals surface area contributed by atoms with Crippen LogP contribution in [0.4, 0.5) is 15.9 Å². The Morgan fingerprint density at radius 3 is 2.45 bits per heavy atom. The van der Waals surface area contributed by atoms with Gasteiger partial charge >= 0.3 is 0 Å². The normalized spacial score (nSPS) is 15.2. The first-order chi connectivity index (χ1) is 16.0. The molecule has 0 saturated heterocycles. The molecule has 0 saturated carbocycles. The van der Waals surface area contributed by atoms with Gasteiger partial charge in [-0.15, -0.1) is 0 Å². The van der Waals surface area contributed by atoms with Crippen molar-refractivity contribution in [1.29, 1.82) is 0 Å². The molecule has 8 heteroatoms. The van der Waals surface area contributed by atoms with Crippen LogP contribution in [0.2, 0.25) is 0 Å². The Kier molecular flexibility index (Phi) is 4.97. The molecule has 7 nitrogen and oxygen atoms in total. The van der Waals surface area contributed by atoms with Crippen LogP contribution in [0, 0.1) is 22.9 Å². The minimum atomic E-state index is -0.440. The first-order valence-electron chi connectivity index (χ1n) is 10.4. The summed E-state index contributed by atoms with van der Waals surface area (Å²) in [5.41, 5.74) is 3.42. The van der Waals surface area contributed by atoms with E-state index in [0.717, 1.165) is 16.9 Å². The van der Waals surface area contributed by atoms with Crippen molar-refractivity contribution >= 4 is 17.3 Å². The molecule has 0 N–H and O–H groups in total. The lowest BCUT2D eigenvalue weighted by Gasteiger charge is -2.35. The van der Waals surface area contributed by atoms with E-state index in [4.69, 9.17) is 10.1 Å².